The van der Waals surface area contributed by atoms with Crippen molar-refractivity contribution in [3.8, 4) is 0 Å². The van der Waals surface area contributed by atoms with Crippen LogP contribution in [0.4, 0.5) is 0 Å². The third-order valence-electron chi connectivity index (χ3n) is 0. The predicted molar refractivity (Wildman–Crippen MR) is 24.2 cm³/mol. The Hall–Kier alpha value is 0.668. The molecule has 0 unspecified atom stereocenters. The second kappa shape index (κ2) is 4.82. The molecule has 0 spiro atoms. The minimum absolute atomic E-state index is 0. The van der Waals surface area contributed by atoms with Crippen LogP contribution < -0.4 is 0 Å². The molecule has 0 radical (unpaired) electrons. The summed E-state index contributed by atoms with van der Waals surface area (Å²) in [4.78, 5) is 21.6. The van der Waals surface area contributed by atoms with E-state index in [1.54, 1.807) is 0 Å². The van der Waals surface area contributed by atoms with Crippen LogP contribution in [-0.2, 0) is 21.1 Å². The van der Waals surface area contributed by atoms with Crippen LogP contribution in [0.25, 0.3) is 0 Å². The van der Waals surface area contributed by atoms with Gasteiger partial charge < -0.3 is 14.7 Å². The topological polar surface area (TPSA) is 77.8 Å². The summed E-state index contributed by atoms with van der Waals surface area (Å²) in [5, 5.41) is 0. The SMILES string of the molecule is B.O=P(O)(O)O.[Ni]. The maximum atomic E-state index is 8.88. The van der Waals surface area contributed by atoms with E-state index in [2.05, 4.69) is 0 Å². The van der Waals surface area contributed by atoms with Crippen LogP contribution in [0.2, 0.25) is 0 Å². The number of hydrogen-bond donors (Lipinski definition) is 3. The Kier molecular flexibility index (Phi) is 10.8. The summed E-state index contributed by atoms with van der Waals surface area (Å²) < 4.78 is 8.88. The Morgan fingerprint density at radius 2 is 1.14 bits per heavy atom. The summed E-state index contributed by atoms with van der Waals surface area (Å²) >= 11 is 0. The van der Waals surface area contributed by atoms with E-state index in [4.69, 9.17) is 19.2 Å². The van der Waals surface area contributed by atoms with Gasteiger partial charge in [-0.3, -0.25) is 0 Å². The molecular weight excluding hydrogens is 164 g/mol. The molecule has 0 saturated heterocycles. The fourth-order valence-corrected chi connectivity index (χ4v) is 0. The van der Waals surface area contributed by atoms with Gasteiger partial charge in [-0.25, -0.2) is 4.57 Å². The molecule has 4 nitrogen and oxygen atoms in total. The molecule has 0 aliphatic carbocycles. The Bertz CT molecular complexity index is 57.8. The Morgan fingerprint density at radius 1 is 1.14 bits per heavy atom. The molecule has 0 aromatic carbocycles. The maximum absolute atomic E-state index is 8.88. The molecule has 0 amide bonds. The van der Waals surface area contributed by atoms with E-state index < -0.39 is 7.82 Å². The Labute approximate surface area is 52.7 Å². The van der Waals surface area contributed by atoms with Crippen molar-refractivity contribution >= 4 is 16.2 Å². The van der Waals surface area contributed by atoms with Gasteiger partial charge in [-0.2, -0.15) is 0 Å². The molecule has 0 atom stereocenters. The van der Waals surface area contributed by atoms with Crippen LogP contribution in [0.5, 0.6) is 0 Å². The molecule has 0 saturated carbocycles. The van der Waals surface area contributed by atoms with E-state index in [0.29, 0.717) is 0 Å². The molecule has 0 heterocycles. The van der Waals surface area contributed by atoms with Crippen LogP contribution in [0.1, 0.15) is 0 Å². The van der Waals surface area contributed by atoms with Crippen LogP contribution in [0.3, 0.4) is 0 Å². The van der Waals surface area contributed by atoms with Gasteiger partial charge in [-0.15, -0.1) is 0 Å². The number of phosphoric acid groups is 1. The summed E-state index contributed by atoms with van der Waals surface area (Å²) in [6, 6.07) is 0. The normalized spacial score (nSPS) is 8.43. The molecular formula is H6BNiO4P. The zero-order valence-corrected chi connectivity index (χ0v) is 4.40. The minimum Gasteiger partial charge on any atom is -0.303 e. The number of rotatable bonds is 0. The van der Waals surface area contributed by atoms with E-state index in [1.165, 1.54) is 0 Å². The molecule has 0 rings (SSSR count). The molecule has 0 aliphatic heterocycles. The third kappa shape index (κ3) is 325. The van der Waals surface area contributed by atoms with Crippen LogP contribution >= 0.6 is 7.82 Å². The first-order valence-corrected chi connectivity index (χ1v) is 2.35. The van der Waals surface area contributed by atoms with E-state index in [9.17, 15) is 0 Å². The average Bonchev–Trinajstić information content (AvgIpc) is 0.722. The van der Waals surface area contributed by atoms with Gasteiger partial charge in [0, 0.05) is 16.5 Å². The molecule has 0 fully saturated rings. The first-order valence-electron chi connectivity index (χ1n) is 0.783. The van der Waals surface area contributed by atoms with Crippen molar-refractivity contribution in [1.29, 1.82) is 0 Å². The summed E-state index contributed by atoms with van der Waals surface area (Å²) in [5.41, 5.74) is 0. The van der Waals surface area contributed by atoms with Crippen molar-refractivity contribution in [1.82, 2.24) is 0 Å². The second-order valence-electron chi connectivity index (χ2n) is 0.513. The molecule has 0 aliphatic rings. The van der Waals surface area contributed by atoms with Gasteiger partial charge in [0.25, 0.3) is 0 Å². The molecule has 7 heavy (non-hydrogen) atoms. The monoisotopic (exact) mass is 170 g/mol. The standard InChI is InChI=1S/BH3.Ni.H3O4P/c;;1-5(2,3)4/h1H3;;(H3,1,2,3,4). The fraction of sp³-hybridized carbons (Fsp3) is 0. The van der Waals surface area contributed by atoms with Gasteiger partial charge in [0.15, 0.2) is 0 Å². The van der Waals surface area contributed by atoms with E-state index in [1.807, 2.05) is 0 Å². The fourth-order valence-electron chi connectivity index (χ4n) is 0. The molecule has 0 bridgehead atoms. The summed E-state index contributed by atoms with van der Waals surface area (Å²) in [6.07, 6.45) is 0. The zero-order valence-electron chi connectivity index (χ0n) is 2.51. The van der Waals surface area contributed by atoms with E-state index in [0.717, 1.165) is 0 Å². The van der Waals surface area contributed by atoms with Crippen molar-refractivity contribution in [2.75, 3.05) is 0 Å². The van der Waals surface area contributed by atoms with Crippen LogP contribution in [0.15, 0.2) is 0 Å². The van der Waals surface area contributed by atoms with E-state index >= 15 is 0 Å². The van der Waals surface area contributed by atoms with E-state index in [-0.39, 0.29) is 24.9 Å². The molecule has 48 valence electrons. The first-order chi connectivity index (χ1) is 2.00. The van der Waals surface area contributed by atoms with Crippen LogP contribution in [0, 0.1) is 0 Å². The van der Waals surface area contributed by atoms with Crippen molar-refractivity contribution in [2.45, 2.75) is 0 Å². The largest absolute Gasteiger partial charge is 0.466 e. The summed E-state index contributed by atoms with van der Waals surface area (Å²) in [7, 11) is -4.64. The number of hydrogen-bond acceptors (Lipinski definition) is 1. The second-order valence-corrected chi connectivity index (χ2v) is 1.54. The maximum Gasteiger partial charge on any atom is 0.466 e. The molecule has 3 N–H and O–H groups in total. The van der Waals surface area contributed by atoms with Crippen molar-refractivity contribution < 1.29 is 35.7 Å². The smallest absolute Gasteiger partial charge is 0.303 e. The first kappa shape index (κ1) is 15.6. The van der Waals surface area contributed by atoms with Crippen LogP contribution in [-0.4, -0.2) is 23.1 Å². The zero-order chi connectivity index (χ0) is 4.50. The average molecular weight is 171 g/mol. The van der Waals surface area contributed by atoms with Gasteiger partial charge in [0.1, 0.15) is 0 Å². The van der Waals surface area contributed by atoms with Gasteiger partial charge >= 0.3 is 7.82 Å². The Balaban J connectivity index is -0.0000000800. The summed E-state index contributed by atoms with van der Waals surface area (Å²) in [6.45, 7) is 0. The summed E-state index contributed by atoms with van der Waals surface area (Å²) in [5.74, 6) is 0. The van der Waals surface area contributed by atoms with Gasteiger partial charge in [-0.1, -0.05) is 0 Å². The van der Waals surface area contributed by atoms with Crippen molar-refractivity contribution in [3.05, 3.63) is 0 Å². The van der Waals surface area contributed by atoms with Crippen molar-refractivity contribution in [3.63, 3.8) is 0 Å². The van der Waals surface area contributed by atoms with Gasteiger partial charge in [0.05, 0.1) is 8.41 Å². The predicted octanol–water partition coefficient (Wildman–Crippen LogP) is -2.12. The molecule has 0 aromatic rings. The van der Waals surface area contributed by atoms with Crippen molar-refractivity contribution in [2.24, 2.45) is 0 Å². The molecule has 0 aromatic heterocycles. The third-order valence-corrected chi connectivity index (χ3v) is 0. The molecule has 7 heteroatoms. The quantitative estimate of drug-likeness (QED) is 0.287. The Morgan fingerprint density at radius 3 is 1.14 bits per heavy atom. The van der Waals surface area contributed by atoms with Gasteiger partial charge in [-0.05, 0) is 0 Å². The van der Waals surface area contributed by atoms with Gasteiger partial charge in [0.2, 0.25) is 0 Å². The minimum atomic E-state index is -4.64.